The number of aromatic nitrogens is 2. The molecule has 3 heterocycles. The average Bonchev–Trinajstić information content (AvgIpc) is 3.36. The van der Waals surface area contributed by atoms with Gasteiger partial charge in [0.05, 0.1) is 16.8 Å². The normalized spacial score (nSPS) is 11.7. The largest absolute Gasteiger partial charge is 0.288 e. The van der Waals surface area contributed by atoms with Gasteiger partial charge in [-0.3, -0.25) is 19.5 Å². The van der Waals surface area contributed by atoms with Gasteiger partial charge in [0.1, 0.15) is 4.21 Å². The van der Waals surface area contributed by atoms with Crippen LogP contribution in [0.1, 0.15) is 5.56 Å². The maximum absolute atomic E-state index is 12.7. The van der Waals surface area contributed by atoms with Crippen LogP contribution in [-0.2, 0) is 24.9 Å². The first-order valence-corrected chi connectivity index (χ1v) is 12.1. The minimum absolute atomic E-state index is 0.187. The molecule has 0 atom stereocenters. The molecule has 0 saturated heterocycles. The monoisotopic (exact) mass is 471 g/mol. The van der Waals surface area contributed by atoms with Gasteiger partial charge < -0.3 is 0 Å². The van der Waals surface area contributed by atoms with Crippen LogP contribution < -0.4 is 5.48 Å². The molecule has 0 fully saturated rings. The van der Waals surface area contributed by atoms with Gasteiger partial charge in [-0.25, -0.2) is 9.45 Å². The van der Waals surface area contributed by atoms with Crippen LogP contribution in [0.2, 0.25) is 0 Å². The Kier molecular flexibility index (Phi) is 7.64. The van der Waals surface area contributed by atoms with Crippen LogP contribution in [0, 0.1) is 0 Å². The highest BCUT2D eigenvalue weighted by molar-refractivity contribution is 7.92. The van der Waals surface area contributed by atoms with Crippen LogP contribution in [0.25, 0.3) is 16.6 Å². The van der Waals surface area contributed by atoms with Crippen LogP contribution in [0.15, 0.2) is 65.3 Å². The molecule has 0 radical (unpaired) electrons. The molecule has 0 saturated carbocycles. The number of amides is 1. The molecule has 30 heavy (non-hydrogen) atoms. The lowest BCUT2D eigenvalue weighted by Gasteiger charge is -2.02. The minimum Gasteiger partial charge on any atom is -0.288 e. The van der Waals surface area contributed by atoms with E-state index in [1.165, 1.54) is 23.9 Å². The van der Waals surface area contributed by atoms with E-state index in [1.807, 2.05) is 12.1 Å². The van der Waals surface area contributed by atoms with Gasteiger partial charge in [0.15, 0.2) is 0 Å². The molecule has 10 nitrogen and oxygen atoms in total. The lowest BCUT2D eigenvalue weighted by molar-refractivity contribution is -0.124. The molecule has 3 rings (SSSR count). The molecule has 3 N–H and O–H groups in total. The number of hydrogen-bond donors (Lipinski definition) is 3. The van der Waals surface area contributed by atoms with Crippen molar-refractivity contribution in [1.82, 2.24) is 14.4 Å². The zero-order valence-electron chi connectivity index (χ0n) is 15.4. The molecular weight excluding hydrogens is 454 g/mol. The van der Waals surface area contributed by atoms with Crippen LogP contribution in [0.5, 0.6) is 0 Å². The van der Waals surface area contributed by atoms with Crippen molar-refractivity contribution in [1.29, 1.82) is 0 Å². The molecule has 0 aliphatic rings. The van der Waals surface area contributed by atoms with E-state index in [0.717, 1.165) is 26.3 Å². The Morgan fingerprint density at radius 3 is 2.47 bits per heavy atom. The maximum Gasteiger partial charge on any atom is 0.277 e. The van der Waals surface area contributed by atoms with E-state index in [-0.39, 0.29) is 4.21 Å². The summed E-state index contributed by atoms with van der Waals surface area (Å²) in [4.78, 5) is 15.9. The van der Waals surface area contributed by atoms with E-state index < -0.39 is 26.0 Å². The van der Waals surface area contributed by atoms with E-state index in [1.54, 1.807) is 30.5 Å². The number of pyridine rings is 1. The first kappa shape index (κ1) is 23.4. The third kappa shape index (κ3) is 6.89. The number of thiophene rings is 1. The van der Waals surface area contributed by atoms with Crippen molar-refractivity contribution in [2.24, 2.45) is 0 Å². The van der Waals surface area contributed by atoms with Crippen LogP contribution >= 0.6 is 11.3 Å². The molecule has 0 bridgehead atoms. The summed E-state index contributed by atoms with van der Waals surface area (Å²) < 4.78 is 52.5. The molecule has 0 aliphatic heterocycles. The molecule has 0 spiro atoms. The molecule has 0 unspecified atom stereocenters. The number of carbonyl (C=O) groups is 1. The molecule has 1 amide bonds. The lowest BCUT2D eigenvalue weighted by atomic mass is 10.3. The predicted octanol–water partition coefficient (Wildman–Crippen LogP) is 1.87. The summed E-state index contributed by atoms with van der Waals surface area (Å²) in [6.07, 6.45) is 7.63. The van der Waals surface area contributed by atoms with Gasteiger partial charge in [0, 0.05) is 24.7 Å². The Hall–Kier alpha value is -2.84. The summed E-state index contributed by atoms with van der Waals surface area (Å²) in [5.41, 5.74) is 2.68. The zero-order valence-corrected chi connectivity index (χ0v) is 17.9. The molecule has 3 aromatic heterocycles. The summed E-state index contributed by atoms with van der Waals surface area (Å²) in [5.74, 6) is -0.700. The van der Waals surface area contributed by atoms with Crippen molar-refractivity contribution in [3.05, 3.63) is 66.6 Å². The summed E-state index contributed by atoms with van der Waals surface area (Å²) in [6, 6.07) is 10.2. The molecule has 160 valence electrons. The molecule has 0 aliphatic carbocycles. The Morgan fingerprint density at radius 1 is 1.17 bits per heavy atom. The highest BCUT2D eigenvalue weighted by Gasteiger charge is 2.19. The molecular formula is C17H17N3O7S3. The van der Waals surface area contributed by atoms with Gasteiger partial charge in [0.2, 0.25) is 0 Å². The molecule has 3 aromatic rings. The van der Waals surface area contributed by atoms with Gasteiger partial charge in [-0.1, -0.05) is 6.07 Å². The first-order chi connectivity index (χ1) is 14.0. The third-order valence-electron chi connectivity index (χ3n) is 3.26. The van der Waals surface area contributed by atoms with Gasteiger partial charge >= 0.3 is 0 Å². The standard InChI is InChI=1S/C16H13N3O4S2.CH4O3S/c20-15(18-21)6-4-12-8-10-19(11-12)25(22,23)16-7-5-14(24-16)13-3-1-2-9-17-13;1-5(2,3)4/h1-11,21H,(H,18,20);1H3,(H,2,3,4). The van der Waals surface area contributed by atoms with Gasteiger partial charge in [0.25, 0.3) is 26.0 Å². The quantitative estimate of drug-likeness (QED) is 0.220. The number of carbonyl (C=O) groups excluding carboxylic acids is 1. The zero-order chi connectivity index (χ0) is 22.4. The fourth-order valence-electron chi connectivity index (χ4n) is 2.06. The summed E-state index contributed by atoms with van der Waals surface area (Å²) in [6.45, 7) is 0. The van der Waals surface area contributed by atoms with Gasteiger partial charge in [-0.05, 0) is 42.0 Å². The number of nitrogens with zero attached hydrogens (tertiary/aromatic N) is 2. The topological polar surface area (TPSA) is 156 Å². The summed E-state index contributed by atoms with van der Waals surface area (Å²) in [7, 11) is -7.39. The van der Waals surface area contributed by atoms with Crippen molar-refractivity contribution < 1.29 is 31.4 Å². The number of nitrogens with one attached hydrogen (secondary N) is 1. The third-order valence-corrected chi connectivity index (χ3v) is 6.47. The van der Waals surface area contributed by atoms with Gasteiger partial charge in [-0.2, -0.15) is 16.8 Å². The van der Waals surface area contributed by atoms with E-state index >= 15 is 0 Å². The second-order valence-corrected chi connectivity index (χ2v) is 10.3. The Morgan fingerprint density at radius 2 is 1.87 bits per heavy atom. The number of hydrogen-bond acceptors (Lipinski definition) is 8. The minimum atomic E-state index is -3.73. The van der Waals surface area contributed by atoms with Crippen LogP contribution in [-0.4, -0.2) is 47.7 Å². The van der Waals surface area contributed by atoms with E-state index in [4.69, 9.17) is 9.76 Å². The number of rotatable bonds is 5. The lowest BCUT2D eigenvalue weighted by Crippen LogP contribution is -2.14. The van der Waals surface area contributed by atoms with Gasteiger partial charge in [-0.15, -0.1) is 11.3 Å². The highest BCUT2D eigenvalue weighted by atomic mass is 32.2. The van der Waals surface area contributed by atoms with E-state index in [0.29, 0.717) is 17.5 Å². The Bertz CT molecular complexity index is 1240. The van der Waals surface area contributed by atoms with Crippen molar-refractivity contribution in [3.63, 3.8) is 0 Å². The van der Waals surface area contributed by atoms with Crippen LogP contribution in [0.3, 0.4) is 0 Å². The maximum atomic E-state index is 12.7. The fourth-order valence-corrected chi connectivity index (χ4v) is 4.65. The smallest absolute Gasteiger partial charge is 0.277 e. The fraction of sp³-hybridized carbons (Fsp3) is 0.0588. The Balaban J connectivity index is 0.000000575. The van der Waals surface area contributed by atoms with Crippen molar-refractivity contribution in [2.75, 3.05) is 6.26 Å². The van der Waals surface area contributed by atoms with Crippen molar-refractivity contribution in [2.45, 2.75) is 4.21 Å². The van der Waals surface area contributed by atoms with E-state index in [2.05, 4.69) is 4.98 Å². The SMILES string of the molecule is CS(=O)(=O)O.O=C(C=Cc1ccn(S(=O)(=O)c2ccc(-c3ccccn3)s2)c1)NO. The number of hydroxylamine groups is 1. The second kappa shape index (κ2) is 9.77. The van der Waals surface area contributed by atoms with E-state index in [9.17, 15) is 21.6 Å². The second-order valence-electron chi connectivity index (χ2n) is 5.66. The molecule has 0 aromatic carbocycles. The average molecular weight is 472 g/mol. The van der Waals surface area contributed by atoms with Crippen molar-refractivity contribution >= 4 is 43.5 Å². The van der Waals surface area contributed by atoms with Crippen LogP contribution in [0.4, 0.5) is 0 Å². The predicted molar refractivity (Wildman–Crippen MR) is 111 cm³/mol. The summed E-state index contributed by atoms with van der Waals surface area (Å²) in [5, 5.41) is 8.44. The first-order valence-electron chi connectivity index (χ1n) is 8.00. The summed E-state index contributed by atoms with van der Waals surface area (Å²) >= 11 is 1.13. The Labute approximate surface area is 176 Å². The van der Waals surface area contributed by atoms with Crippen molar-refractivity contribution in [3.8, 4) is 10.6 Å². The highest BCUT2D eigenvalue weighted by Crippen LogP contribution is 2.30. The molecule has 13 heteroatoms.